The largest absolute Gasteiger partial charge is 0.439 e. The lowest BCUT2D eigenvalue weighted by molar-refractivity contribution is 0.0527. The summed E-state index contributed by atoms with van der Waals surface area (Å²) in [5.41, 5.74) is 2.57. The summed E-state index contributed by atoms with van der Waals surface area (Å²) in [4.78, 5) is 12.7. The molecule has 2 aliphatic heterocycles. The zero-order chi connectivity index (χ0) is 16.6. The average Bonchev–Trinajstić information content (AvgIpc) is 2.46. The van der Waals surface area contributed by atoms with Gasteiger partial charge in [0, 0.05) is 18.7 Å². The molecule has 1 N–H and O–H groups in total. The van der Waals surface area contributed by atoms with Crippen molar-refractivity contribution in [2.75, 3.05) is 24.6 Å². The molecule has 1 aromatic rings. The molecule has 2 heterocycles. The van der Waals surface area contributed by atoms with Gasteiger partial charge in [-0.3, -0.25) is 0 Å². The maximum atomic E-state index is 14.5. The van der Waals surface area contributed by atoms with Gasteiger partial charge in [0.2, 0.25) is 0 Å². The Bertz CT molecular complexity index is 642. The maximum absolute atomic E-state index is 14.5. The third kappa shape index (κ3) is 3.12. The Morgan fingerprint density at radius 2 is 2.00 bits per heavy atom. The maximum Gasteiger partial charge on any atom is 0.428 e. The molecular formula is C15H17F2N3O3. The molecular weight excluding hydrogens is 308 g/mol. The molecule has 2 aliphatic rings. The van der Waals surface area contributed by atoms with Crippen molar-refractivity contribution < 1.29 is 23.0 Å². The molecule has 0 saturated carbocycles. The second-order valence-electron chi connectivity index (χ2n) is 5.57. The lowest BCUT2D eigenvalue weighted by Gasteiger charge is -2.33. The van der Waals surface area contributed by atoms with Crippen LogP contribution in [0.15, 0.2) is 17.2 Å². The van der Waals surface area contributed by atoms with Gasteiger partial charge in [-0.05, 0) is 26.0 Å². The summed E-state index contributed by atoms with van der Waals surface area (Å²) in [6.07, 6.45) is -1.47. The number of carbonyl (C=O) groups excluding carboxylic acids is 1. The van der Waals surface area contributed by atoms with E-state index in [-0.39, 0.29) is 23.1 Å². The van der Waals surface area contributed by atoms with E-state index in [9.17, 15) is 13.6 Å². The van der Waals surface area contributed by atoms with Crippen molar-refractivity contribution in [2.24, 2.45) is 5.10 Å². The Labute approximate surface area is 132 Å². The normalized spacial score (nSPS) is 24.8. The highest BCUT2D eigenvalue weighted by Gasteiger charge is 2.27. The number of amides is 1. The van der Waals surface area contributed by atoms with Crippen LogP contribution in [0, 0.1) is 11.6 Å². The van der Waals surface area contributed by atoms with Crippen LogP contribution in [-0.4, -0.2) is 43.7 Å². The van der Waals surface area contributed by atoms with Crippen molar-refractivity contribution in [1.82, 2.24) is 5.43 Å². The molecule has 1 saturated heterocycles. The zero-order valence-corrected chi connectivity index (χ0v) is 12.8. The molecule has 6 nitrogen and oxygen atoms in total. The highest BCUT2D eigenvalue weighted by molar-refractivity contribution is 6.06. The number of hydrogen-bond acceptors (Lipinski definition) is 5. The summed E-state index contributed by atoms with van der Waals surface area (Å²) < 4.78 is 39.3. The number of morpholine rings is 1. The summed E-state index contributed by atoms with van der Waals surface area (Å²) in [7, 11) is 0. The van der Waals surface area contributed by atoms with E-state index < -0.39 is 23.8 Å². The van der Waals surface area contributed by atoms with Crippen molar-refractivity contribution in [1.29, 1.82) is 0 Å². The predicted octanol–water partition coefficient (Wildman–Crippen LogP) is 2.02. The van der Waals surface area contributed by atoms with Gasteiger partial charge in [-0.1, -0.05) is 0 Å². The summed E-state index contributed by atoms with van der Waals surface area (Å²) in [6.45, 7) is 4.71. The van der Waals surface area contributed by atoms with E-state index in [1.807, 2.05) is 6.92 Å². The first kappa shape index (κ1) is 15.7. The molecule has 2 atom stereocenters. The topological polar surface area (TPSA) is 63.2 Å². The predicted molar refractivity (Wildman–Crippen MR) is 79.6 cm³/mol. The Balaban J connectivity index is 1.93. The lowest BCUT2D eigenvalue weighted by atomic mass is 10.0. The number of cyclic esters (lactones) is 1. The van der Waals surface area contributed by atoms with E-state index in [1.54, 1.807) is 11.8 Å². The minimum Gasteiger partial charge on any atom is -0.439 e. The number of nitrogens with one attached hydrogen (secondary N) is 1. The van der Waals surface area contributed by atoms with E-state index in [4.69, 9.17) is 9.47 Å². The third-order valence-electron chi connectivity index (χ3n) is 3.81. The van der Waals surface area contributed by atoms with E-state index in [0.717, 1.165) is 0 Å². The molecule has 0 aliphatic carbocycles. The van der Waals surface area contributed by atoms with Crippen molar-refractivity contribution in [2.45, 2.75) is 26.1 Å². The van der Waals surface area contributed by atoms with Crippen LogP contribution in [0.1, 0.15) is 19.4 Å². The van der Waals surface area contributed by atoms with Crippen LogP contribution < -0.4 is 10.3 Å². The van der Waals surface area contributed by atoms with E-state index in [2.05, 4.69) is 10.5 Å². The van der Waals surface area contributed by atoms with Crippen LogP contribution in [0.2, 0.25) is 0 Å². The molecule has 8 heteroatoms. The fourth-order valence-electron chi connectivity index (χ4n) is 2.78. The van der Waals surface area contributed by atoms with E-state index >= 15 is 0 Å². The van der Waals surface area contributed by atoms with Crippen LogP contribution in [0.5, 0.6) is 0 Å². The van der Waals surface area contributed by atoms with Gasteiger partial charge in [0.05, 0.1) is 12.7 Å². The molecule has 0 spiro atoms. The van der Waals surface area contributed by atoms with Crippen LogP contribution in [0.25, 0.3) is 0 Å². The standard InChI is InChI=1S/C15H17F2N3O3/c1-8-7-20(3-4-22-8)14-11(16)5-10(6-12(14)17)13-9(2)23-15(21)19-18-13/h5-6,8-9H,3-4,7H2,1-2H3,(H,19,21). The quantitative estimate of drug-likeness (QED) is 0.904. The first-order valence-corrected chi connectivity index (χ1v) is 7.36. The number of anilines is 1. The number of carbonyl (C=O) groups is 1. The lowest BCUT2D eigenvalue weighted by Crippen LogP contribution is -2.42. The number of hydrogen-bond donors (Lipinski definition) is 1. The van der Waals surface area contributed by atoms with Gasteiger partial charge < -0.3 is 14.4 Å². The Morgan fingerprint density at radius 1 is 1.30 bits per heavy atom. The Kier molecular flexibility index (Phi) is 4.16. The Hall–Kier alpha value is -2.22. The van der Waals surface area contributed by atoms with Gasteiger partial charge in [0.1, 0.15) is 29.1 Å². The van der Waals surface area contributed by atoms with Gasteiger partial charge in [-0.25, -0.2) is 19.0 Å². The molecule has 2 unspecified atom stereocenters. The van der Waals surface area contributed by atoms with Crippen molar-refractivity contribution in [3.63, 3.8) is 0 Å². The molecule has 1 amide bonds. The summed E-state index contributed by atoms with van der Waals surface area (Å²) in [5, 5.41) is 3.82. The first-order valence-electron chi connectivity index (χ1n) is 7.36. The molecule has 3 rings (SSSR count). The van der Waals surface area contributed by atoms with Gasteiger partial charge in [-0.2, -0.15) is 5.10 Å². The highest BCUT2D eigenvalue weighted by Crippen LogP contribution is 2.28. The fourth-order valence-corrected chi connectivity index (χ4v) is 2.78. The SMILES string of the molecule is CC1CN(c2c(F)cc(C3=NNC(=O)OC3C)cc2F)CCO1. The van der Waals surface area contributed by atoms with Gasteiger partial charge >= 0.3 is 6.09 Å². The minimum atomic E-state index is -0.693. The summed E-state index contributed by atoms with van der Waals surface area (Å²) >= 11 is 0. The molecule has 1 fully saturated rings. The second-order valence-corrected chi connectivity index (χ2v) is 5.57. The number of halogens is 2. The van der Waals surface area contributed by atoms with Crippen LogP contribution >= 0.6 is 0 Å². The second kappa shape index (κ2) is 6.11. The molecule has 0 aromatic heterocycles. The zero-order valence-electron chi connectivity index (χ0n) is 12.8. The van der Waals surface area contributed by atoms with Crippen molar-refractivity contribution in [3.8, 4) is 0 Å². The van der Waals surface area contributed by atoms with E-state index in [1.165, 1.54) is 12.1 Å². The van der Waals surface area contributed by atoms with Crippen molar-refractivity contribution >= 4 is 17.5 Å². The number of rotatable bonds is 2. The first-order chi connectivity index (χ1) is 11.0. The third-order valence-corrected chi connectivity index (χ3v) is 3.81. The molecule has 0 radical (unpaired) electrons. The Morgan fingerprint density at radius 3 is 2.61 bits per heavy atom. The number of hydrazone groups is 1. The van der Waals surface area contributed by atoms with E-state index in [0.29, 0.717) is 19.7 Å². The average molecular weight is 325 g/mol. The number of ether oxygens (including phenoxy) is 2. The summed E-state index contributed by atoms with van der Waals surface area (Å²) in [6, 6.07) is 2.41. The monoisotopic (exact) mass is 325 g/mol. The van der Waals surface area contributed by atoms with Gasteiger partial charge in [-0.15, -0.1) is 0 Å². The fraction of sp³-hybridized carbons (Fsp3) is 0.467. The number of nitrogens with zero attached hydrogens (tertiary/aromatic N) is 2. The summed E-state index contributed by atoms with van der Waals surface area (Å²) in [5.74, 6) is -1.36. The smallest absolute Gasteiger partial charge is 0.428 e. The number of benzene rings is 1. The minimum absolute atomic E-state index is 0.0714. The molecule has 23 heavy (non-hydrogen) atoms. The van der Waals surface area contributed by atoms with Crippen LogP contribution in [0.4, 0.5) is 19.3 Å². The molecule has 1 aromatic carbocycles. The van der Waals surface area contributed by atoms with Gasteiger partial charge in [0.25, 0.3) is 0 Å². The van der Waals surface area contributed by atoms with Crippen LogP contribution in [0.3, 0.4) is 0 Å². The van der Waals surface area contributed by atoms with Gasteiger partial charge in [0.15, 0.2) is 0 Å². The molecule has 0 bridgehead atoms. The van der Waals surface area contributed by atoms with Crippen molar-refractivity contribution in [3.05, 3.63) is 29.3 Å². The molecule has 124 valence electrons. The van der Waals surface area contributed by atoms with Crippen LogP contribution in [-0.2, 0) is 9.47 Å². The highest BCUT2D eigenvalue weighted by atomic mass is 19.1.